The van der Waals surface area contributed by atoms with Gasteiger partial charge in [-0.3, -0.25) is 4.79 Å². The van der Waals surface area contributed by atoms with Crippen LogP contribution in [-0.2, 0) is 6.18 Å². The van der Waals surface area contributed by atoms with Crippen LogP contribution in [0.25, 0.3) is 0 Å². The monoisotopic (exact) mass is 336 g/mol. The van der Waals surface area contributed by atoms with Gasteiger partial charge in [-0.05, 0) is 24.0 Å². The average Bonchev–Trinajstić information content (AvgIpc) is 2.40. The molecule has 22 heavy (non-hydrogen) atoms. The van der Waals surface area contributed by atoms with Crippen molar-refractivity contribution in [2.45, 2.75) is 32.5 Å². The number of hydrogen-bond donors (Lipinski definition) is 1. The molecule has 1 heterocycles. The Labute approximate surface area is 134 Å². The van der Waals surface area contributed by atoms with Gasteiger partial charge in [-0.15, -0.1) is 12.4 Å². The summed E-state index contributed by atoms with van der Waals surface area (Å²) in [5.41, 5.74) is 4.51. The number of nitrogens with two attached hydrogens (primary N) is 1. The molecule has 1 amide bonds. The Morgan fingerprint density at radius 1 is 1.32 bits per heavy atom. The third kappa shape index (κ3) is 3.73. The van der Waals surface area contributed by atoms with E-state index in [9.17, 15) is 18.0 Å². The molecule has 7 heteroatoms. The van der Waals surface area contributed by atoms with Crippen molar-refractivity contribution in [2.24, 2.45) is 11.1 Å². The number of rotatable bonds is 1. The SMILES string of the molecule is CC1(C)CN(C(=O)c2ccccc2C(F)(F)F)CCC1N.Cl. The lowest BCUT2D eigenvalue weighted by Crippen LogP contribution is -2.54. The van der Waals surface area contributed by atoms with Crippen LogP contribution in [0.4, 0.5) is 13.2 Å². The average molecular weight is 337 g/mol. The first-order chi connectivity index (χ1) is 9.63. The van der Waals surface area contributed by atoms with Crippen molar-refractivity contribution in [3.63, 3.8) is 0 Å². The minimum Gasteiger partial charge on any atom is -0.338 e. The second-order valence-corrected chi connectivity index (χ2v) is 6.15. The van der Waals surface area contributed by atoms with Gasteiger partial charge in [0.1, 0.15) is 0 Å². The second-order valence-electron chi connectivity index (χ2n) is 6.15. The number of alkyl halides is 3. The molecule has 1 saturated heterocycles. The quantitative estimate of drug-likeness (QED) is 0.855. The summed E-state index contributed by atoms with van der Waals surface area (Å²) in [5.74, 6) is -0.581. The molecule has 0 spiro atoms. The Balaban J connectivity index is 0.00000242. The van der Waals surface area contributed by atoms with Gasteiger partial charge in [-0.25, -0.2) is 0 Å². The largest absolute Gasteiger partial charge is 0.417 e. The van der Waals surface area contributed by atoms with E-state index in [1.165, 1.54) is 23.1 Å². The predicted octanol–water partition coefficient (Wildman–Crippen LogP) is 3.33. The number of nitrogens with zero attached hydrogens (tertiary/aromatic N) is 1. The summed E-state index contributed by atoms with van der Waals surface area (Å²) in [6.45, 7) is 4.59. The molecule has 2 rings (SSSR count). The van der Waals surface area contributed by atoms with Crippen molar-refractivity contribution in [3.05, 3.63) is 35.4 Å². The van der Waals surface area contributed by atoms with Crippen LogP contribution < -0.4 is 5.73 Å². The Kier molecular flexibility index (Phi) is 5.51. The Morgan fingerprint density at radius 2 is 1.91 bits per heavy atom. The van der Waals surface area contributed by atoms with Crippen LogP contribution in [0.3, 0.4) is 0 Å². The Hall–Kier alpha value is -1.27. The highest BCUT2D eigenvalue weighted by atomic mass is 35.5. The normalized spacial score (nSPS) is 21.2. The summed E-state index contributed by atoms with van der Waals surface area (Å²) in [6, 6.07) is 4.85. The summed E-state index contributed by atoms with van der Waals surface area (Å²) < 4.78 is 39.0. The summed E-state index contributed by atoms with van der Waals surface area (Å²) in [4.78, 5) is 13.9. The van der Waals surface area contributed by atoms with Crippen LogP contribution >= 0.6 is 12.4 Å². The highest BCUT2D eigenvalue weighted by Crippen LogP contribution is 2.34. The number of hydrogen-bond acceptors (Lipinski definition) is 2. The van der Waals surface area contributed by atoms with Gasteiger partial charge < -0.3 is 10.6 Å². The molecule has 0 aliphatic carbocycles. The zero-order valence-electron chi connectivity index (χ0n) is 12.5. The standard InChI is InChI=1S/C15H19F3N2O.ClH/c1-14(2)9-20(8-7-12(14)19)13(21)10-5-3-4-6-11(10)15(16,17)18;/h3-6,12H,7-9,19H2,1-2H3;1H. The van der Waals surface area contributed by atoms with Crippen LogP contribution in [0.15, 0.2) is 24.3 Å². The first-order valence-electron chi connectivity index (χ1n) is 6.84. The fourth-order valence-electron chi connectivity index (χ4n) is 2.63. The van der Waals surface area contributed by atoms with Crippen LogP contribution in [0, 0.1) is 5.41 Å². The molecule has 1 fully saturated rings. The molecule has 1 atom stereocenters. The number of benzene rings is 1. The van der Waals surface area contributed by atoms with Gasteiger partial charge in [0.15, 0.2) is 0 Å². The lowest BCUT2D eigenvalue weighted by molar-refractivity contribution is -0.138. The summed E-state index contributed by atoms with van der Waals surface area (Å²) in [6.07, 6.45) is -3.94. The zero-order valence-corrected chi connectivity index (χ0v) is 13.3. The van der Waals surface area contributed by atoms with Gasteiger partial charge in [0, 0.05) is 19.1 Å². The van der Waals surface area contributed by atoms with Crippen molar-refractivity contribution >= 4 is 18.3 Å². The zero-order chi connectivity index (χ0) is 15.8. The van der Waals surface area contributed by atoms with E-state index in [-0.39, 0.29) is 29.4 Å². The van der Waals surface area contributed by atoms with E-state index in [4.69, 9.17) is 5.73 Å². The van der Waals surface area contributed by atoms with E-state index in [0.29, 0.717) is 19.5 Å². The number of amides is 1. The number of carbonyl (C=O) groups is 1. The molecule has 2 N–H and O–H groups in total. The molecule has 0 radical (unpaired) electrons. The van der Waals surface area contributed by atoms with E-state index in [0.717, 1.165) is 6.07 Å². The van der Waals surface area contributed by atoms with Gasteiger partial charge in [-0.2, -0.15) is 13.2 Å². The minimum atomic E-state index is -4.53. The van der Waals surface area contributed by atoms with Crippen LogP contribution in [-0.4, -0.2) is 29.9 Å². The molecule has 3 nitrogen and oxygen atoms in total. The molecule has 1 aliphatic heterocycles. The van der Waals surface area contributed by atoms with Crippen molar-refractivity contribution in [3.8, 4) is 0 Å². The van der Waals surface area contributed by atoms with Crippen molar-refractivity contribution in [2.75, 3.05) is 13.1 Å². The predicted molar refractivity (Wildman–Crippen MR) is 81.0 cm³/mol. The van der Waals surface area contributed by atoms with Gasteiger partial charge in [0.05, 0.1) is 11.1 Å². The van der Waals surface area contributed by atoms with E-state index in [2.05, 4.69) is 0 Å². The summed E-state index contributed by atoms with van der Waals surface area (Å²) >= 11 is 0. The van der Waals surface area contributed by atoms with Crippen molar-refractivity contribution < 1.29 is 18.0 Å². The molecule has 1 aromatic rings. The number of likely N-dealkylation sites (tertiary alicyclic amines) is 1. The topological polar surface area (TPSA) is 46.3 Å². The lowest BCUT2D eigenvalue weighted by atomic mass is 9.79. The highest BCUT2D eigenvalue weighted by molar-refractivity contribution is 5.96. The maximum atomic E-state index is 13.0. The maximum Gasteiger partial charge on any atom is 0.417 e. The third-order valence-electron chi connectivity index (χ3n) is 4.06. The van der Waals surface area contributed by atoms with Crippen LogP contribution in [0.2, 0.25) is 0 Å². The molecule has 1 aliphatic rings. The van der Waals surface area contributed by atoms with Gasteiger partial charge in [-0.1, -0.05) is 26.0 Å². The van der Waals surface area contributed by atoms with E-state index in [1.54, 1.807) is 0 Å². The molecule has 1 unspecified atom stereocenters. The van der Waals surface area contributed by atoms with E-state index < -0.39 is 17.6 Å². The molecule has 0 saturated carbocycles. The maximum absolute atomic E-state index is 13.0. The summed E-state index contributed by atoms with van der Waals surface area (Å²) in [5, 5.41) is 0. The third-order valence-corrected chi connectivity index (χ3v) is 4.06. The van der Waals surface area contributed by atoms with Crippen molar-refractivity contribution in [1.29, 1.82) is 0 Å². The molecule has 0 aromatic heterocycles. The fourth-order valence-corrected chi connectivity index (χ4v) is 2.63. The Morgan fingerprint density at radius 3 is 2.45 bits per heavy atom. The fraction of sp³-hybridized carbons (Fsp3) is 0.533. The molecular weight excluding hydrogens is 317 g/mol. The van der Waals surface area contributed by atoms with Crippen LogP contribution in [0.5, 0.6) is 0 Å². The van der Waals surface area contributed by atoms with E-state index in [1.807, 2.05) is 13.8 Å². The lowest BCUT2D eigenvalue weighted by Gasteiger charge is -2.42. The smallest absolute Gasteiger partial charge is 0.338 e. The first kappa shape index (κ1) is 18.8. The Bertz CT molecular complexity index is 546. The molecule has 124 valence electrons. The van der Waals surface area contributed by atoms with Crippen LogP contribution in [0.1, 0.15) is 36.2 Å². The summed E-state index contributed by atoms with van der Waals surface area (Å²) in [7, 11) is 0. The van der Waals surface area contributed by atoms with Gasteiger partial charge in [0.2, 0.25) is 0 Å². The highest BCUT2D eigenvalue weighted by Gasteiger charge is 2.39. The molecular formula is C15H20ClF3N2O. The molecule has 0 bridgehead atoms. The first-order valence-corrected chi connectivity index (χ1v) is 6.84. The van der Waals surface area contributed by atoms with Gasteiger partial charge in [0.25, 0.3) is 5.91 Å². The number of carbonyl (C=O) groups excluding carboxylic acids is 1. The number of piperidine rings is 1. The van der Waals surface area contributed by atoms with Crippen molar-refractivity contribution in [1.82, 2.24) is 4.90 Å². The minimum absolute atomic E-state index is 0. The van der Waals surface area contributed by atoms with E-state index >= 15 is 0 Å². The number of halogens is 4. The second kappa shape index (κ2) is 6.46. The van der Waals surface area contributed by atoms with Gasteiger partial charge >= 0.3 is 6.18 Å². The molecule has 1 aromatic carbocycles.